The molecule has 0 unspecified atom stereocenters. The smallest absolute Gasteiger partial charge is 0.356 e. The van der Waals surface area contributed by atoms with Gasteiger partial charge in [0.05, 0.1) is 4.92 Å². The summed E-state index contributed by atoms with van der Waals surface area (Å²) in [5, 5.41) is 13.7. The molecular weight excluding hydrogens is 234 g/mol. The quantitative estimate of drug-likeness (QED) is 0.636. The van der Waals surface area contributed by atoms with Gasteiger partial charge in [-0.1, -0.05) is 30.3 Å². The van der Waals surface area contributed by atoms with Crippen LogP contribution in [0.1, 0.15) is 5.56 Å². The molecule has 0 saturated heterocycles. The van der Waals surface area contributed by atoms with Gasteiger partial charge < -0.3 is 10.3 Å². The highest BCUT2D eigenvalue weighted by Crippen LogP contribution is 2.18. The third kappa shape index (κ3) is 2.54. The fourth-order valence-electron chi connectivity index (χ4n) is 1.59. The van der Waals surface area contributed by atoms with Crippen molar-refractivity contribution in [3.05, 3.63) is 68.6 Å². The predicted octanol–water partition coefficient (Wildman–Crippen LogP) is 1.90. The zero-order valence-electron chi connectivity index (χ0n) is 9.42. The van der Waals surface area contributed by atoms with Crippen molar-refractivity contribution < 1.29 is 4.92 Å². The van der Waals surface area contributed by atoms with Gasteiger partial charge in [0.1, 0.15) is 5.69 Å². The van der Waals surface area contributed by atoms with Crippen molar-refractivity contribution in [2.75, 3.05) is 5.32 Å². The summed E-state index contributed by atoms with van der Waals surface area (Å²) in [4.78, 5) is 23.7. The van der Waals surface area contributed by atoms with E-state index >= 15 is 0 Å². The van der Waals surface area contributed by atoms with Crippen LogP contribution in [0.25, 0.3) is 0 Å². The first-order chi connectivity index (χ1) is 8.68. The normalized spacial score (nSPS) is 10.0. The lowest BCUT2D eigenvalue weighted by Crippen LogP contribution is -2.14. The maximum absolute atomic E-state index is 11.4. The molecule has 0 fully saturated rings. The number of pyridine rings is 1. The second-order valence-electron chi connectivity index (χ2n) is 3.67. The number of aromatic nitrogens is 1. The van der Waals surface area contributed by atoms with Crippen LogP contribution >= 0.6 is 0 Å². The molecule has 0 radical (unpaired) electrons. The number of nitrogens with one attached hydrogen (secondary N) is 2. The molecule has 6 heteroatoms. The average molecular weight is 245 g/mol. The molecule has 2 N–H and O–H groups in total. The van der Waals surface area contributed by atoms with Gasteiger partial charge >= 0.3 is 11.2 Å². The number of anilines is 1. The number of H-pyrrole nitrogens is 1. The largest absolute Gasteiger partial charge is 0.375 e. The van der Waals surface area contributed by atoms with Gasteiger partial charge in [-0.15, -0.1) is 0 Å². The highest BCUT2D eigenvalue weighted by atomic mass is 16.6. The summed E-state index contributed by atoms with van der Waals surface area (Å²) in [5.41, 5.74) is 0.0196. The van der Waals surface area contributed by atoms with Crippen molar-refractivity contribution in [1.29, 1.82) is 0 Å². The standard InChI is InChI=1S/C12H11N3O3/c16-12-11(15(17)18)10(6-7-13-12)14-8-9-4-2-1-3-5-9/h1-7H,8H2,(H2,13,14,16). The molecule has 2 aromatic rings. The topological polar surface area (TPSA) is 88.0 Å². The molecule has 0 amide bonds. The fraction of sp³-hybridized carbons (Fsp3) is 0.0833. The highest BCUT2D eigenvalue weighted by Gasteiger charge is 2.18. The Kier molecular flexibility index (Phi) is 3.38. The van der Waals surface area contributed by atoms with Gasteiger partial charge in [0.25, 0.3) is 0 Å². The summed E-state index contributed by atoms with van der Waals surface area (Å²) in [7, 11) is 0. The minimum Gasteiger partial charge on any atom is -0.375 e. The summed E-state index contributed by atoms with van der Waals surface area (Å²) >= 11 is 0. The van der Waals surface area contributed by atoms with Crippen molar-refractivity contribution in [2.45, 2.75) is 6.54 Å². The number of hydrogen-bond donors (Lipinski definition) is 2. The SMILES string of the molecule is O=c1[nH]ccc(NCc2ccccc2)c1[N+](=O)[O-]. The van der Waals surface area contributed by atoms with Crippen molar-refractivity contribution in [1.82, 2.24) is 4.98 Å². The number of nitro groups is 1. The molecule has 1 heterocycles. The lowest BCUT2D eigenvalue weighted by molar-refractivity contribution is -0.385. The molecule has 1 aromatic carbocycles. The first-order valence-electron chi connectivity index (χ1n) is 5.32. The third-order valence-electron chi connectivity index (χ3n) is 2.44. The van der Waals surface area contributed by atoms with Crippen molar-refractivity contribution in [2.24, 2.45) is 0 Å². The molecule has 2 rings (SSSR count). The van der Waals surface area contributed by atoms with E-state index in [4.69, 9.17) is 0 Å². The van der Waals surface area contributed by atoms with E-state index in [9.17, 15) is 14.9 Å². The molecule has 0 atom stereocenters. The molecule has 18 heavy (non-hydrogen) atoms. The van der Waals surface area contributed by atoms with Crippen LogP contribution in [0.5, 0.6) is 0 Å². The Hall–Kier alpha value is -2.63. The van der Waals surface area contributed by atoms with Crippen LogP contribution in [0, 0.1) is 10.1 Å². The Morgan fingerprint density at radius 2 is 1.94 bits per heavy atom. The number of nitrogens with zero attached hydrogens (tertiary/aromatic N) is 1. The summed E-state index contributed by atoms with van der Waals surface area (Å²) < 4.78 is 0. The zero-order valence-corrected chi connectivity index (χ0v) is 9.42. The van der Waals surface area contributed by atoms with Crippen LogP contribution in [0.3, 0.4) is 0 Å². The van der Waals surface area contributed by atoms with Gasteiger partial charge in [0.2, 0.25) is 0 Å². The zero-order chi connectivity index (χ0) is 13.0. The molecule has 0 aliphatic rings. The number of benzene rings is 1. The predicted molar refractivity (Wildman–Crippen MR) is 67.5 cm³/mol. The van der Waals surface area contributed by atoms with Gasteiger partial charge in [-0.05, 0) is 11.6 Å². The number of hydrogen-bond acceptors (Lipinski definition) is 4. The van der Waals surface area contributed by atoms with E-state index in [1.165, 1.54) is 12.3 Å². The number of aromatic amines is 1. The van der Waals surface area contributed by atoms with E-state index in [-0.39, 0.29) is 5.69 Å². The second-order valence-corrected chi connectivity index (χ2v) is 3.67. The molecule has 92 valence electrons. The third-order valence-corrected chi connectivity index (χ3v) is 2.44. The molecule has 0 aliphatic heterocycles. The van der Waals surface area contributed by atoms with E-state index in [1.807, 2.05) is 30.3 Å². The van der Waals surface area contributed by atoms with Crippen LogP contribution in [-0.4, -0.2) is 9.91 Å². The minimum atomic E-state index is -0.710. The van der Waals surface area contributed by atoms with Crippen LogP contribution in [0.15, 0.2) is 47.4 Å². The molecule has 1 aromatic heterocycles. The molecule has 0 saturated carbocycles. The van der Waals surface area contributed by atoms with Gasteiger partial charge in [0.15, 0.2) is 0 Å². The van der Waals surface area contributed by atoms with Crippen molar-refractivity contribution in [3.63, 3.8) is 0 Å². The Balaban J connectivity index is 2.22. The fourth-order valence-corrected chi connectivity index (χ4v) is 1.59. The van der Waals surface area contributed by atoms with E-state index < -0.39 is 16.2 Å². The summed E-state index contributed by atoms with van der Waals surface area (Å²) in [6.45, 7) is 0.422. The highest BCUT2D eigenvalue weighted by molar-refractivity contribution is 5.59. The lowest BCUT2D eigenvalue weighted by atomic mass is 10.2. The van der Waals surface area contributed by atoms with Gasteiger partial charge in [-0.2, -0.15) is 0 Å². The maximum atomic E-state index is 11.4. The van der Waals surface area contributed by atoms with Crippen molar-refractivity contribution >= 4 is 11.4 Å². The first-order valence-corrected chi connectivity index (χ1v) is 5.32. The van der Waals surface area contributed by atoms with Crippen LogP contribution in [0.2, 0.25) is 0 Å². The van der Waals surface area contributed by atoms with Crippen LogP contribution in [0.4, 0.5) is 11.4 Å². The summed E-state index contributed by atoms with van der Waals surface area (Å²) in [6, 6.07) is 10.9. The monoisotopic (exact) mass is 245 g/mol. The van der Waals surface area contributed by atoms with Crippen LogP contribution in [-0.2, 0) is 6.54 Å². The first kappa shape index (κ1) is 11.8. The average Bonchev–Trinajstić information content (AvgIpc) is 2.37. The Morgan fingerprint density at radius 1 is 1.22 bits per heavy atom. The van der Waals surface area contributed by atoms with Gasteiger partial charge in [0, 0.05) is 12.7 Å². The molecule has 6 nitrogen and oxygen atoms in total. The lowest BCUT2D eigenvalue weighted by Gasteiger charge is -2.06. The summed E-state index contributed by atoms with van der Waals surface area (Å²) in [6.07, 6.45) is 1.38. The molecule has 0 aliphatic carbocycles. The van der Waals surface area contributed by atoms with E-state index in [1.54, 1.807) is 0 Å². The second kappa shape index (κ2) is 5.13. The van der Waals surface area contributed by atoms with Gasteiger partial charge in [-0.3, -0.25) is 14.9 Å². The molecule has 0 spiro atoms. The summed E-state index contributed by atoms with van der Waals surface area (Å²) in [5.74, 6) is 0. The molecular formula is C12H11N3O3. The van der Waals surface area contributed by atoms with E-state index in [0.717, 1.165) is 5.56 Å². The Labute approximate surface area is 102 Å². The Bertz CT molecular complexity index is 607. The van der Waals surface area contributed by atoms with E-state index in [2.05, 4.69) is 10.3 Å². The van der Waals surface area contributed by atoms with Gasteiger partial charge in [-0.25, -0.2) is 0 Å². The Morgan fingerprint density at radius 3 is 2.61 bits per heavy atom. The van der Waals surface area contributed by atoms with Crippen LogP contribution < -0.4 is 10.9 Å². The van der Waals surface area contributed by atoms with Crippen molar-refractivity contribution in [3.8, 4) is 0 Å². The van der Waals surface area contributed by atoms with E-state index in [0.29, 0.717) is 6.54 Å². The maximum Gasteiger partial charge on any atom is 0.356 e. The molecule has 0 bridgehead atoms. The minimum absolute atomic E-state index is 0.215. The number of rotatable bonds is 4.